The van der Waals surface area contributed by atoms with Gasteiger partial charge in [-0.3, -0.25) is 19.1 Å². The minimum absolute atomic E-state index is 0.0263. The Bertz CT molecular complexity index is 1340. The van der Waals surface area contributed by atoms with Crippen LogP contribution in [-0.4, -0.2) is 46.6 Å². The molecule has 1 saturated carbocycles. The van der Waals surface area contributed by atoms with Crippen LogP contribution in [-0.2, 0) is 16.1 Å². The number of carbonyl (C=O) groups excluding carboxylic acids is 3. The van der Waals surface area contributed by atoms with Crippen LogP contribution in [0.2, 0.25) is 0 Å². The molecular weight excluding hydrogens is 468 g/mol. The van der Waals surface area contributed by atoms with Gasteiger partial charge in [0.25, 0.3) is 5.91 Å². The Balaban J connectivity index is 1.48. The molecule has 0 saturated heterocycles. The lowest BCUT2D eigenvalue weighted by molar-refractivity contribution is -0.126. The van der Waals surface area contributed by atoms with E-state index < -0.39 is 17.4 Å². The van der Waals surface area contributed by atoms with Gasteiger partial charge in [0.05, 0.1) is 23.7 Å². The first kappa shape index (κ1) is 25.9. The molecule has 192 valence electrons. The molecule has 2 aromatic carbocycles. The van der Waals surface area contributed by atoms with E-state index in [-0.39, 0.29) is 30.0 Å². The quantitative estimate of drug-likeness (QED) is 0.389. The third-order valence-electron chi connectivity index (χ3n) is 6.36. The summed E-state index contributed by atoms with van der Waals surface area (Å²) in [6.45, 7) is 6.70. The van der Waals surface area contributed by atoms with Crippen LogP contribution in [0.1, 0.15) is 55.2 Å². The maximum Gasteiger partial charge on any atom is 0.273 e. The SMILES string of the molecule is CC(C)(C)[C@H](NC(=O)c1nn(Cc2ccc(C#N)cc2)c2ccccc12)C(=O)NCCNC(=O)C1CC1. The maximum atomic E-state index is 13.4. The van der Waals surface area contributed by atoms with Crippen molar-refractivity contribution in [1.29, 1.82) is 5.26 Å². The normalized spacial score (nSPS) is 14.0. The number of nitrogens with zero attached hydrogens (tertiary/aromatic N) is 3. The van der Waals surface area contributed by atoms with E-state index in [4.69, 9.17) is 5.26 Å². The molecule has 0 unspecified atom stereocenters. The highest BCUT2D eigenvalue weighted by molar-refractivity contribution is 6.06. The van der Waals surface area contributed by atoms with Crippen LogP contribution in [0.5, 0.6) is 0 Å². The molecule has 1 aliphatic carbocycles. The molecule has 1 aromatic heterocycles. The highest BCUT2D eigenvalue weighted by Crippen LogP contribution is 2.28. The van der Waals surface area contributed by atoms with Gasteiger partial charge in [-0.2, -0.15) is 10.4 Å². The number of nitriles is 1. The van der Waals surface area contributed by atoms with Gasteiger partial charge in [0.15, 0.2) is 5.69 Å². The van der Waals surface area contributed by atoms with Crippen LogP contribution in [0.25, 0.3) is 10.9 Å². The lowest BCUT2D eigenvalue weighted by Crippen LogP contribution is -2.54. The van der Waals surface area contributed by atoms with E-state index >= 15 is 0 Å². The number of hydrogen-bond acceptors (Lipinski definition) is 5. The minimum atomic E-state index is -0.804. The van der Waals surface area contributed by atoms with E-state index in [1.807, 2.05) is 57.2 Å². The van der Waals surface area contributed by atoms with E-state index in [0.29, 0.717) is 24.0 Å². The summed E-state index contributed by atoms with van der Waals surface area (Å²) in [6.07, 6.45) is 1.85. The molecule has 1 fully saturated rings. The molecule has 1 heterocycles. The van der Waals surface area contributed by atoms with Gasteiger partial charge in [-0.1, -0.05) is 51.1 Å². The van der Waals surface area contributed by atoms with Gasteiger partial charge in [0.2, 0.25) is 11.8 Å². The van der Waals surface area contributed by atoms with Crippen molar-refractivity contribution in [3.05, 3.63) is 65.4 Å². The van der Waals surface area contributed by atoms with Crippen LogP contribution in [0, 0.1) is 22.7 Å². The summed E-state index contributed by atoms with van der Waals surface area (Å²) >= 11 is 0. The molecule has 4 rings (SSSR count). The van der Waals surface area contributed by atoms with Gasteiger partial charge in [-0.05, 0) is 42.0 Å². The number of benzene rings is 2. The monoisotopic (exact) mass is 500 g/mol. The lowest BCUT2D eigenvalue weighted by Gasteiger charge is -2.30. The Kier molecular flexibility index (Phi) is 7.58. The van der Waals surface area contributed by atoms with Crippen LogP contribution < -0.4 is 16.0 Å². The molecule has 0 radical (unpaired) electrons. The van der Waals surface area contributed by atoms with Gasteiger partial charge in [-0.25, -0.2) is 0 Å². The molecule has 9 nitrogen and oxygen atoms in total. The number of aromatic nitrogens is 2. The predicted molar refractivity (Wildman–Crippen MR) is 139 cm³/mol. The van der Waals surface area contributed by atoms with Crippen LogP contribution in [0.4, 0.5) is 0 Å². The molecule has 37 heavy (non-hydrogen) atoms. The van der Waals surface area contributed by atoms with Crippen molar-refractivity contribution in [2.24, 2.45) is 11.3 Å². The molecule has 1 aliphatic rings. The minimum Gasteiger partial charge on any atom is -0.354 e. The van der Waals surface area contributed by atoms with Crippen molar-refractivity contribution >= 4 is 28.6 Å². The zero-order chi connectivity index (χ0) is 26.6. The molecule has 1 atom stereocenters. The van der Waals surface area contributed by atoms with Crippen LogP contribution in [0.15, 0.2) is 48.5 Å². The van der Waals surface area contributed by atoms with Gasteiger partial charge in [0.1, 0.15) is 6.04 Å². The second-order valence-corrected chi connectivity index (χ2v) is 10.5. The fraction of sp³-hybridized carbons (Fsp3) is 0.393. The first-order valence-electron chi connectivity index (χ1n) is 12.5. The number of rotatable bonds is 9. The third kappa shape index (κ3) is 6.33. The Morgan fingerprint density at radius 2 is 1.73 bits per heavy atom. The van der Waals surface area contributed by atoms with Crippen molar-refractivity contribution in [1.82, 2.24) is 25.7 Å². The molecule has 3 amide bonds. The number of carbonyl (C=O) groups is 3. The smallest absolute Gasteiger partial charge is 0.273 e. The molecule has 3 N–H and O–H groups in total. The summed E-state index contributed by atoms with van der Waals surface area (Å²) in [5, 5.41) is 22.9. The lowest BCUT2D eigenvalue weighted by atomic mass is 9.86. The van der Waals surface area contributed by atoms with Crippen molar-refractivity contribution in [3.8, 4) is 6.07 Å². The molecule has 3 aromatic rings. The summed E-state index contributed by atoms with van der Waals surface area (Å²) in [5.41, 5.74) is 1.99. The first-order chi connectivity index (χ1) is 17.7. The van der Waals surface area contributed by atoms with Crippen molar-refractivity contribution in [2.75, 3.05) is 13.1 Å². The van der Waals surface area contributed by atoms with Gasteiger partial charge < -0.3 is 16.0 Å². The Morgan fingerprint density at radius 1 is 1.05 bits per heavy atom. The largest absolute Gasteiger partial charge is 0.354 e. The van der Waals surface area contributed by atoms with E-state index in [1.165, 1.54) is 0 Å². The highest BCUT2D eigenvalue weighted by Gasteiger charge is 2.34. The van der Waals surface area contributed by atoms with Gasteiger partial charge in [-0.15, -0.1) is 0 Å². The number of nitrogens with one attached hydrogen (secondary N) is 3. The zero-order valence-electron chi connectivity index (χ0n) is 21.4. The number of para-hydroxylation sites is 1. The third-order valence-corrected chi connectivity index (χ3v) is 6.36. The summed E-state index contributed by atoms with van der Waals surface area (Å²) in [5.74, 6) is -0.614. The summed E-state index contributed by atoms with van der Waals surface area (Å²) in [7, 11) is 0. The Morgan fingerprint density at radius 3 is 2.38 bits per heavy atom. The molecule has 9 heteroatoms. The fourth-order valence-corrected chi connectivity index (χ4v) is 4.11. The van der Waals surface area contributed by atoms with Crippen molar-refractivity contribution in [3.63, 3.8) is 0 Å². The van der Waals surface area contributed by atoms with E-state index in [9.17, 15) is 14.4 Å². The summed E-state index contributed by atoms with van der Waals surface area (Å²) < 4.78 is 1.75. The first-order valence-corrected chi connectivity index (χ1v) is 12.5. The summed E-state index contributed by atoms with van der Waals surface area (Å²) in [6, 6.07) is 16.0. The predicted octanol–water partition coefficient (Wildman–Crippen LogP) is 2.74. The van der Waals surface area contributed by atoms with Crippen LogP contribution in [0.3, 0.4) is 0 Å². The van der Waals surface area contributed by atoms with Gasteiger partial charge in [0, 0.05) is 24.4 Å². The number of hydrogen-bond donors (Lipinski definition) is 3. The maximum absolute atomic E-state index is 13.4. The number of fused-ring (bicyclic) bond motifs is 1. The highest BCUT2D eigenvalue weighted by atomic mass is 16.2. The van der Waals surface area contributed by atoms with Gasteiger partial charge >= 0.3 is 0 Å². The molecular formula is C28H32N6O3. The molecule has 0 aliphatic heterocycles. The average molecular weight is 501 g/mol. The average Bonchev–Trinajstić information content (AvgIpc) is 3.67. The molecule has 0 spiro atoms. The topological polar surface area (TPSA) is 129 Å². The van der Waals surface area contributed by atoms with Crippen molar-refractivity contribution in [2.45, 2.75) is 46.2 Å². The zero-order valence-corrected chi connectivity index (χ0v) is 21.4. The second kappa shape index (κ2) is 10.8. The van der Waals surface area contributed by atoms with E-state index in [1.54, 1.807) is 16.8 Å². The van der Waals surface area contributed by atoms with Crippen LogP contribution >= 0.6 is 0 Å². The summed E-state index contributed by atoms with van der Waals surface area (Å²) in [4.78, 5) is 38.2. The van der Waals surface area contributed by atoms with Crippen molar-refractivity contribution < 1.29 is 14.4 Å². The standard InChI is InChI=1S/C28H32N6O3/c1-28(2,3)24(27(37)31-15-14-30-25(35)20-12-13-20)32-26(36)23-21-6-4-5-7-22(21)34(33-23)17-19-10-8-18(16-29)9-11-19/h4-11,20,24H,12-15,17H2,1-3H3,(H,30,35)(H,31,37)(H,32,36)/t24-/m1/s1. The second-order valence-electron chi connectivity index (χ2n) is 10.5. The van der Waals surface area contributed by atoms with E-state index in [0.717, 1.165) is 23.9 Å². The fourth-order valence-electron chi connectivity index (χ4n) is 4.11. The molecule has 0 bridgehead atoms. The van der Waals surface area contributed by atoms with E-state index in [2.05, 4.69) is 27.1 Å². The Labute approximate surface area is 216 Å². The number of amides is 3. The Hall–Kier alpha value is -4.19.